The molecule has 11 heteroatoms. The first-order valence-corrected chi connectivity index (χ1v) is 9.07. The van der Waals surface area contributed by atoms with E-state index in [0.29, 0.717) is 9.25 Å². The molecule has 3 aromatic rings. The van der Waals surface area contributed by atoms with E-state index < -0.39 is 47.0 Å². The van der Waals surface area contributed by atoms with Gasteiger partial charge in [0.15, 0.2) is 0 Å². The summed E-state index contributed by atoms with van der Waals surface area (Å²) in [5.41, 5.74) is -3.76. The van der Waals surface area contributed by atoms with E-state index in [9.17, 15) is 31.9 Å². The van der Waals surface area contributed by atoms with Crippen molar-refractivity contribution in [2.45, 2.75) is 19.6 Å². The van der Waals surface area contributed by atoms with Crippen LogP contribution in [0.4, 0.5) is 17.6 Å². The number of para-hydroxylation sites is 1. The van der Waals surface area contributed by atoms with E-state index >= 15 is 0 Å². The Hall–Kier alpha value is -3.76. The van der Waals surface area contributed by atoms with E-state index in [1.165, 1.54) is 18.2 Å². The van der Waals surface area contributed by atoms with Gasteiger partial charge in [-0.25, -0.2) is 9.18 Å². The van der Waals surface area contributed by atoms with Crippen LogP contribution in [0.1, 0.15) is 28.5 Å². The van der Waals surface area contributed by atoms with Crippen molar-refractivity contribution in [1.29, 1.82) is 0 Å². The molecule has 0 radical (unpaired) electrons. The van der Waals surface area contributed by atoms with Gasteiger partial charge in [-0.3, -0.25) is 14.2 Å². The van der Waals surface area contributed by atoms with Crippen molar-refractivity contribution in [3.8, 4) is 5.69 Å². The van der Waals surface area contributed by atoms with Gasteiger partial charge >= 0.3 is 11.9 Å². The summed E-state index contributed by atoms with van der Waals surface area (Å²) in [5, 5.41) is 6.12. The number of rotatable bonds is 5. The van der Waals surface area contributed by atoms with E-state index in [1.807, 2.05) is 0 Å². The minimum atomic E-state index is -4.55. The number of hydrogen-bond acceptors (Lipinski definition) is 4. The Balaban J connectivity index is 2.17. The zero-order valence-electron chi connectivity index (χ0n) is 16.1. The van der Waals surface area contributed by atoms with Gasteiger partial charge in [0, 0.05) is 6.54 Å². The van der Waals surface area contributed by atoms with Crippen molar-refractivity contribution in [1.82, 2.24) is 19.7 Å². The molecule has 0 saturated heterocycles. The second-order valence-electron chi connectivity index (χ2n) is 6.44. The zero-order valence-corrected chi connectivity index (χ0v) is 16.1. The molecule has 1 amide bonds. The number of nitrogens with one attached hydrogen (secondary N) is 1. The average Bonchev–Trinajstić information content (AvgIpc) is 2.72. The lowest BCUT2D eigenvalue weighted by Crippen LogP contribution is -2.46. The lowest BCUT2D eigenvalue weighted by atomic mass is 10.1. The van der Waals surface area contributed by atoms with Gasteiger partial charge in [-0.1, -0.05) is 24.3 Å². The lowest BCUT2D eigenvalue weighted by molar-refractivity contribution is -0.137. The second kappa shape index (κ2) is 8.54. The molecule has 1 N–H and O–H groups in total. The number of hydrogen-bond donors (Lipinski definition) is 1. The number of amides is 1. The second-order valence-corrected chi connectivity index (χ2v) is 6.44. The lowest BCUT2D eigenvalue weighted by Gasteiger charge is -2.13. The molecule has 2 aromatic carbocycles. The topological polar surface area (TPSA) is 86.0 Å². The van der Waals surface area contributed by atoms with Crippen LogP contribution in [0.25, 0.3) is 5.69 Å². The first-order valence-electron chi connectivity index (χ1n) is 9.07. The van der Waals surface area contributed by atoms with Gasteiger partial charge in [-0.2, -0.15) is 23.0 Å². The average molecular weight is 436 g/mol. The van der Waals surface area contributed by atoms with Crippen LogP contribution < -0.4 is 16.6 Å². The molecule has 0 fully saturated rings. The minimum Gasteiger partial charge on any atom is -0.351 e. The summed E-state index contributed by atoms with van der Waals surface area (Å²) in [6.45, 7) is 1.32. The molecule has 3 rings (SSSR count). The summed E-state index contributed by atoms with van der Waals surface area (Å²) in [4.78, 5) is 37.9. The van der Waals surface area contributed by atoms with Crippen LogP contribution in [0.3, 0.4) is 0 Å². The molecule has 31 heavy (non-hydrogen) atoms. The van der Waals surface area contributed by atoms with Crippen molar-refractivity contribution in [3.63, 3.8) is 0 Å². The van der Waals surface area contributed by atoms with Gasteiger partial charge in [0.25, 0.3) is 11.5 Å². The van der Waals surface area contributed by atoms with Gasteiger partial charge in [0.05, 0.1) is 12.1 Å². The van der Waals surface area contributed by atoms with Crippen molar-refractivity contribution >= 4 is 5.91 Å². The molecule has 0 atom stereocenters. The molecule has 0 aliphatic carbocycles. The monoisotopic (exact) mass is 436 g/mol. The highest BCUT2D eigenvalue weighted by Gasteiger charge is 2.30. The third-order valence-electron chi connectivity index (χ3n) is 4.31. The summed E-state index contributed by atoms with van der Waals surface area (Å²) in [5.74, 6) is -1.70. The number of benzene rings is 2. The first-order chi connectivity index (χ1) is 14.6. The molecule has 0 aliphatic heterocycles. The summed E-state index contributed by atoms with van der Waals surface area (Å²) in [6.07, 6.45) is -4.55. The van der Waals surface area contributed by atoms with Crippen LogP contribution in [0.2, 0.25) is 0 Å². The van der Waals surface area contributed by atoms with Crippen LogP contribution in [0.15, 0.2) is 58.1 Å². The number of carbonyl (C=O) groups is 1. The maximum absolute atomic E-state index is 14.3. The van der Waals surface area contributed by atoms with Gasteiger partial charge < -0.3 is 5.32 Å². The van der Waals surface area contributed by atoms with Crippen LogP contribution in [0, 0.1) is 5.82 Å². The third-order valence-corrected chi connectivity index (χ3v) is 4.31. The molecule has 162 valence electrons. The molecule has 0 unspecified atom stereocenters. The molecule has 1 aromatic heterocycles. The fourth-order valence-electron chi connectivity index (χ4n) is 2.80. The number of carbonyl (C=O) groups excluding carboxylic acids is 1. The predicted molar refractivity (Wildman–Crippen MR) is 103 cm³/mol. The van der Waals surface area contributed by atoms with Crippen LogP contribution >= 0.6 is 0 Å². The highest BCUT2D eigenvalue weighted by molar-refractivity contribution is 5.91. The highest BCUT2D eigenvalue weighted by Crippen LogP contribution is 2.29. The fraction of sp³-hybridized carbons (Fsp3) is 0.200. The Morgan fingerprint density at radius 1 is 1.06 bits per heavy atom. The summed E-state index contributed by atoms with van der Waals surface area (Å²) in [7, 11) is 0. The molecule has 7 nitrogen and oxygen atoms in total. The van der Waals surface area contributed by atoms with Crippen molar-refractivity contribution < 1.29 is 22.4 Å². The van der Waals surface area contributed by atoms with Gasteiger partial charge in [0.2, 0.25) is 5.69 Å². The summed E-state index contributed by atoms with van der Waals surface area (Å²) >= 11 is 0. The van der Waals surface area contributed by atoms with E-state index in [0.717, 1.165) is 30.3 Å². The zero-order chi connectivity index (χ0) is 22.8. The molecular weight excluding hydrogens is 420 g/mol. The Morgan fingerprint density at radius 3 is 2.29 bits per heavy atom. The van der Waals surface area contributed by atoms with Crippen molar-refractivity contribution in [2.75, 3.05) is 6.54 Å². The predicted octanol–water partition coefficient (Wildman–Crippen LogP) is 2.35. The summed E-state index contributed by atoms with van der Waals surface area (Å²) < 4.78 is 53.8. The van der Waals surface area contributed by atoms with Gasteiger partial charge in [-0.15, -0.1) is 0 Å². The SMILES string of the molecule is CCNC(=O)c1nn(-c2ccccc2F)c(=O)n(Cc2ccc(C(F)(F)F)cc2)c1=O. The minimum absolute atomic E-state index is 0.164. The Bertz CT molecular complexity index is 1230. The molecular formula is C20H16F4N4O3. The third kappa shape index (κ3) is 4.55. The molecule has 0 aliphatic rings. The standard InChI is InChI=1S/C20H16F4N4O3/c1-2-25-17(29)16-18(30)27(11-12-7-9-13(10-8-12)20(22,23)24)19(31)28(26-16)15-6-4-3-5-14(15)21/h3-10H,2,11H2,1H3,(H,25,29). The maximum atomic E-state index is 14.3. The van der Waals surface area contributed by atoms with Crippen molar-refractivity contribution in [2.24, 2.45) is 0 Å². The van der Waals surface area contributed by atoms with Crippen LogP contribution in [0.5, 0.6) is 0 Å². The maximum Gasteiger partial charge on any atom is 0.416 e. The number of aromatic nitrogens is 3. The number of halogens is 4. The normalized spacial score (nSPS) is 11.4. The number of alkyl halides is 3. The largest absolute Gasteiger partial charge is 0.416 e. The Kier molecular flexibility index (Phi) is 6.04. The van der Waals surface area contributed by atoms with Gasteiger partial charge in [0.1, 0.15) is 11.5 Å². The highest BCUT2D eigenvalue weighted by atomic mass is 19.4. The molecule has 0 saturated carbocycles. The van der Waals surface area contributed by atoms with Crippen molar-refractivity contribution in [3.05, 3.63) is 92.0 Å². The fourth-order valence-corrected chi connectivity index (χ4v) is 2.80. The van der Waals surface area contributed by atoms with E-state index in [2.05, 4.69) is 10.4 Å². The molecule has 1 heterocycles. The summed E-state index contributed by atoms with van der Waals surface area (Å²) in [6, 6.07) is 8.95. The Labute approximate surface area is 172 Å². The number of nitrogens with zero attached hydrogens (tertiary/aromatic N) is 3. The quantitative estimate of drug-likeness (QED) is 0.623. The molecule has 0 spiro atoms. The van der Waals surface area contributed by atoms with E-state index in [-0.39, 0.29) is 17.8 Å². The molecule has 0 bridgehead atoms. The Morgan fingerprint density at radius 2 is 1.71 bits per heavy atom. The first kappa shape index (κ1) is 21.9. The van der Waals surface area contributed by atoms with E-state index in [4.69, 9.17) is 0 Å². The van der Waals surface area contributed by atoms with Gasteiger partial charge in [-0.05, 0) is 36.8 Å². The van der Waals surface area contributed by atoms with Crippen LogP contribution in [-0.4, -0.2) is 26.8 Å². The van der Waals surface area contributed by atoms with Crippen LogP contribution in [-0.2, 0) is 12.7 Å². The smallest absolute Gasteiger partial charge is 0.351 e. The van der Waals surface area contributed by atoms with E-state index in [1.54, 1.807) is 6.92 Å².